The molecular formula is C13H13NO4S. The van der Waals surface area contributed by atoms with E-state index in [-0.39, 0.29) is 11.3 Å². The highest BCUT2D eigenvalue weighted by atomic mass is 32.2. The summed E-state index contributed by atoms with van der Waals surface area (Å²) in [5.41, 5.74) is 0.673. The molecule has 6 heteroatoms. The maximum absolute atomic E-state index is 11.8. The highest BCUT2D eigenvalue weighted by Crippen LogP contribution is 2.09. The monoisotopic (exact) mass is 279 g/mol. The average Bonchev–Trinajstić information content (AvgIpc) is 2.32. The average molecular weight is 279 g/mol. The highest BCUT2D eigenvalue weighted by Gasteiger charge is 2.06. The van der Waals surface area contributed by atoms with Crippen LogP contribution in [0.1, 0.15) is 5.56 Å². The lowest BCUT2D eigenvalue weighted by Gasteiger charge is -2.07. The number of hydrogen-bond acceptors (Lipinski definition) is 4. The van der Waals surface area contributed by atoms with Crippen LogP contribution in [-0.4, -0.2) is 19.2 Å². The zero-order chi connectivity index (χ0) is 13.9. The molecule has 0 fully saturated rings. The van der Waals surface area contributed by atoms with Crippen LogP contribution in [0.3, 0.4) is 0 Å². The Hall–Kier alpha value is -2.08. The maximum Gasteiger partial charge on any atom is 0.306 e. The first-order valence-electron chi connectivity index (χ1n) is 5.58. The number of nitrogens with zero attached hydrogens (tertiary/aromatic N) is 1. The third kappa shape index (κ3) is 3.96. The normalized spacial score (nSPS) is 11.2. The third-order valence-corrected chi connectivity index (χ3v) is 2.91. The van der Waals surface area contributed by atoms with Crippen LogP contribution in [0.4, 0.5) is 0 Å². The Morgan fingerprint density at radius 3 is 2.42 bits per heavy atom. The molecule has 1 aromatic heterocycles. The van der Waals surface area contributed by atoms with Crippen molar-refractivity contribution in [1.29, 1.82) is 0 Å². The van der Waals surface area contributed by atoms with E-state index in [9.17, 15) is 13.2 Å². The van der Waals surface area contributed by atoms with Gasteiger partial charge in [0.2, 0.25) is 0 Å². The first kappa shape index (κ1) is 13.4. The molecule has 1 aromatic carbocycles. The smallest absolute Gasteiger partial charge is 0.306 e. The van der Waals surface area contributed by atoms with Crippen LogP contribution >= 0.6 is 0 Å². The third-order valence-electron chi connectivity index (χ3n) is 2.41. The van der Waals surface area contributed by atoms with Crippen molar-refractivity contribution in [3.63, 3.8) is 0 Å². The number of benzene rings is 1. The van der Waals surface area contributed by atoms with Gasteiger partial charge in [-0.25, -0.2) is 0 Å². The van der Waals surface area contributed by atoms with Crippen LogP contribution in [0.25, 0.3) is 0 Å². The Labute approximate surface area is 111 Å². The summed E-state index contributed by atoms with van der Waals surface area (Å²) in [7, 11) is -3.61. The molecule has 19 heavy (non-hydrogen) atoms. The summed E-state index contributed by atoms with van der Waals surface area (Å²) < 4.78 is 28.0. The minimum atomic E-state index is -3.61. The van der Waals surface area contributed by atoms with Crippen LogP contribution in [0.15, 0.2) is 53.5 Å². The fourth-order valence-corrected chi connectivity index (χ4v) is 2.08. The SMILES string of the molecule is CS(=O)(=O)Oc1ccn(Cc2ccccc2)c(=O)c1. The topological polar surface area (TPSA) is 65.4 Å². The zero-order valence-electron chi connectivity index (χ0n) is 10.3. The molecule has 0 radical (unpaired) electrons. The van der Waals surface area contributed by atoms with Gasteiger partial charge >= 0.3 is 10.1 Å². The van der Waals surface area contributed by atoms with Crippen molar-refractivity contribution in [2.75, 3.05) is 6.26 Å². The fourth-order valence-electron chi connectivity index (χ4n) is 1.63. The number of hydrogen-bond donors (Lipinski definition) is 0. The van der Waals surface area contributed by atoms with E-state index in [0.717, 1.165) is 17.9 Å². The molecule has 0 unspecified atom stereocenters. The van der Waals surface area contributed by atoms with Gasteiger partial charge in [0.25, 0.3) is 5.56 Å². The van der Waals surface area contributed by atoms with Crippen molar-refractivity contribution < 1.29 is 12.6 Å². The lowest BCUT2D eigenvalue weighted by molar-refractivity contribution is 0.491. The van der Waals surface area contributed by atoms with Gasteiger partial charge < -0.3 is 8.75 Å². The molecule has 2 rings (SSSR count). The molecule has 100 valence electrons. The molecule has 0 aliphatic heterocycles. The molecule has 5 nitrogen and oxygen atoms in total. The zero-order valence-corrected chi connectivity index (χ0v) is 11.1. The maximum atomic E-state index is 11.8. The molecular weight excluding hydrogens is 266 g/mol. The van der Waals surface area contributed by atoms with E-state index in [1.54, 1.807) is 0 Å². The van der Waals surface area contributed by atoms with Gasteiger partial charge in [0.15, 0.2) is 0 Å². The second-order valence-corrected chi connectivity index (χ2v) is 5.68. The number of pyridine rings is 1. The van der Waals surface area contributed by atoms with Crippen LogP contribution in [-0.2, 0) is 16.7 Å². The Balaban J connectivity index is 2.23. The lowest BCUT2D eigenvalue weighted by atomic mass is 10.2. The summed E-state index contributed by atoms with van der Waals surface area (Å²) in [5, 5.41) is 0. The quantitative estimate of drug-likeness (QED) is 0.790. The molecule has 0 saturated heterocycles. The van der Waals surface area contributed by atoms with E-state index in [0.29, 0.717) is 6.54 Å². The van der Waals surface area contributed by atoms with Gasteiger partial charge in [0.05, 0.1) is 12.8 Å². The van der Waals surface area contributed by atoms with Crippen LogP contribution in [0.2, 0.25) is 0 Å². The Morgan fingerprint density at radius 2 is 1.84 bits per heavy atom. The molecule has 0 saturated carbocycles. The van der Waals surface area contributed by atoms with Gasteiger partial charge in [0.1, 0.15) is 5.75 Å². The van der Waals surface area contributed by atoms with E-state index >= 15 is 0 Å². The minimum absolute atomic E-state index is 0.0248. The molecule has 0 aliphatic carbocycles. The van der Waals surface area contributed by atoms with Crippen molar-refractivity contribution >= 4 is 10.1 Å². The van der Waals surface area contributed by atoms with Crippen molar-refractivity contribution in [2.45, 2.75) is 6.54 Å². The molecule has 0 N–H and O–H groups in total. The van der Waals surface area contributed by atoms with Crippen molar-refractivity contribution in [3.8, 4) is 5.75 Å². The predicted octanol–water partition coefficient (Wildman–Crippen LogP) is 1.24. The van der Waals surface area contributed by atoms with Gasteiger partial charge in [-0.2, -0.15) is 8.42 Å². The van der Waals surface area contributed by atoms with Gasteiger partial charge in [-0.15, -0.1) is 0 Å². The summed E-state index contributed by atoms with van der Waals surface area (Å²) in [6, 6.07) is 12.1. The van der Waals surface area contributed by atoms with Crippen molar-refractivity contribution in [1.82, 2.24) is 4.57 Å². The summed E-state index contributed by atoms with van der Waals surface area (Å²) in [6.07, 6.45) is 2.44. The fraction of sp³-hybridized carbons (Fsp3) is 0.154. The molecule has 2 aromatic rings. The Morgan fingerprint density at radius 1 is 1.16 bits per heavy atom. The summed E-state index contributed by atoms with van der Waals surface area (Å²) in [4.78, 5) is 11.8. The van der Waals surface area contributed by atoms with E-state index in [4.69, 9.17) is 0 Å². The second kappa shape index (κ2) is 5.27. The largest absolute Gasteiger partial charge is 0.382 e. The molecule has 0 amide bonds. The predicted molar refractivity (Wildman–Crippen MR) is 71.7 cm³/mol. The van der Waals surface area contributed by atoms with Gasteiger partial charge in [-0.3, -0.25) is 4.79 Å². The van der Waals surface area contributed by atoms with Crippen molar-refractivity contribution in [3.05, 3.63) is 64.6 Å². The van der Waals surface area contributed by atoms with Crippen LogP contribution in [0, 0.1) is 0 Å². The standard InChI is InChI=1S/C13H13NO4S/c1-19(16,17)18-12-7-8-14(13(15)9-12)10-11-5-3-2-4-6-11/h2-9H,10H2,1H3. The van der Waals surface area contributed by atoms with E-state index in [1.807, 2.05) is 30.3 Å². The van der Waals surface area contributed by atoms with E-state index in [1.165, 1.54) is 16.8 Å². The summed E-state index contributed by atoms with van der Waals surface area (Å²) >= 11 is 0. The molecule has 0 aliphatic rings. The first-order valence-corrected chi connectivity index (χ1v) is 7.39. The first-order chi connectivity index (χ1) is 8.94. The van der Waals surface area contributed by atoms with E-state index < -0.39 is 10.1 Å². The van der Waals surface area contributed by atoms with Gasteiger partial charge in [-0.1, -0.05) is 30.3 Å². The number of aromatic nitrogens is 1. The Kier molecular flexibility index (Phi) is 3.71. The van der Waals surface area contributed by atoms with Crippen molar-refractivity contribution in [2.24, 2.45) is 0 Å². The number of rotatable bonds is 4. The minimum Gasteiger partial charge on any atom is -0.382 e. The summed E-state index contributed by atoms with van der Waals surface area (Å²) in [6.45, 7) is 0.429. The van der Waals surface area contributed by atoms with Crippen LogP contribution < -0.4 is 9.74 Å². The summed E-state index contributed by atoms with van der Waals surface area (Å²) in [5.74, 6) is 0.0248. The highest BCUT2D eigenvalue weighted by molar-refractivity contribution is 7.86. The molecule has 0 bridgehead atoms. The van der Waals surface area contributed by atoms with Gasteiger partial charge in [0, 0.05) is 12.3 Å². The molecule has 1 heterocycles. The van der Waals surface area contributed by atoms with Crippen LogP contribution in [0.5, 0.6) is 5.75 Å². The Bertz CT molecular complexity index is 720. The lowest BCUT2D eigenvalue weighted by Crippen LogP contribution is -2.19. The second-order valence-electron chi connectivity index (χ2n) is 4.10. The van der Waals surface area contributed by atoms with Gasteiger partial charge in [-0.05, 0) is 11.6 Å². The van der Waals surface area contributed by atoms with E-state index in [2.05, 4.69) is 4.18 Å². The molecule has 0 spiro atoms. The molecule has 0 atom stereocenters.